The SMILES string of the molecule is Cc1cc(C(O)Cc2nnn(C)n2)cc(C)c1Br. The maximum Gasteiger partial charge on any atom is 0.177 e. The Morgan fingerprint density at radius 3 is 2.44 bits per heavy atom. The molecule has 1 aromatic heterocycles. The van der Waals surface area contributed by atoms with Gasteiger partial charge in [0.25, 0.3) is 0 Å². The molecule has 2 rings (SSSR count). The largest absolute Gasteiger partial charge is 0.388 e. The fourth-order valence-corrected chi connectivity index (χ4v) is 2.10. The van der Waals surface area contributed by atoms with Gasteiger partial charge in [-0.3, -0.25) is 0 Å². The monoisotopic (exact) mass is 310 g/mol. The van der Waals surface area contributed by atoms with E-state index in [2.05, 4.69) is 31.3 Å². The van der Waals surface area contributed by atoms with Gasteiger partial charge in [-0.25, -0.2) is 0 Å². The van der Waals surface area contributed by atoms with Gasteiger partial charge >= 0.3 is 0 Å². The van der Waals surface area contributed by atoms with E-state index in [-0.39, 0.29) is 0 Å². The Balaban J connectivity index is 2.21. The van der Waals surface area contributed by atoms with E-state index in [0.717, 1.165) is 21.2 Å². The van der Waals surface area contributed by atoms with E-state index in [1.54, 1.807) is 7.05 Å². The Kier molecular flexibility index (Phi) is 3.77. The lowest BCUT2D eigenvalue weighted by molar-refractivity contribution is 0.175. The first kappa shape index (κ1) is 13.2. The molecule has 1 N–H and O–H groups in total. The van der Waals surface area contributed by atoms with E-state index in [9.17, 15) is 5.11 Å². The standard InChI is InChI=1S/C12H15BrN4O/c1-7-4-9(5-8(2)12(7)13)10(18)6-11-14-16-17(3)15-11/h4-5,10,18H,6H2,1-3H3. The zero-order valence-electron chi connectivity index (χ0n) is 10.6. The number of aryl methyl sites for hydroxylation is 3. The lowest BCUT2D eigenvalue weighted by Crippen LogP contribution is -2.05. The summed E-state index contributed by atoms with van der Waals surface area (Å²) >= 11 is 3.51. The molecule has 0 amide bonds. The summed E-state index contributed by atoms with van der Waals surface area (Å²) in [7, 11) is 1.71. The van der Waals surface area contributed by atoms with Crippen LogP contribution < -0.4 is 0 Å². The highest BCUT2D eigenvalue weighted by Gasteiger charge is 2.14. The third-order valence-electron chi connectivity index (χ3n) is 2.77. The van der Waals surface area contributed by atoms with Crippen LogP contribution in [0, 0.1) is 13.8 Å². The van der Waals surface area contributed by atoms with Gasteiger partial charge in [0.2, 0.25) is 0 Å². The second-order valence-corrected chi connectivity index (χ2v) is 5.18. The predicted octanol–water partition coefficient (Wildman–Crippen LogP) is 1.87. The Hall–Kier alpha value is -1.27. The van der Waals surface area contributed by atoms with Crippen molar-refractivity contribution in [3.63, 3.8) is 0 Å². The van der Waals surface area contributed by atoms with Crippen molar-refractivity contribution in [2.75, 3.05) is 0 Å². The molecule has 0 saturated heterocycles. The van der Waals surface area contributed by atoms with Crippen molar-refractivity contribution in [3.8, 4) is 0 Å². The molecule has 18 heavy (non-hydrogen) atoms. The molecule has 1 unspecified atom stereocenters. The van der Waals surface area contributed by atoms with Crippen molar-refractivity contribution in [3.05, 3.63) is 39.1 Å². The second-order valence-electron chi connectivity index (χ2n) is 4.38. The van der Waals surface area contributed by atoms with Crippen molar-refractivity contribution in [2.45, 2.75) is 26.4 Å². The number of aliphatic hydroxyl groups excluding tert-OH is 1. The van der Waals surface area contributed by atoms with Crippen LogP contribution in [0.3, 0.4) is 0 Å². The molecule has 96 valence electrons. The van der Waals surface area contributed by atoms with Crippen molar-refractivity contribution in [1.29, 1.82) is 0 Å². The Labute approximate surface area is 114 Å². The van der Waals surface area contributed by atoms with Gasteiger partial charge in [0.05, 0.1) is 13.2 Å². The van der Waals surface area contributed by atoms with Crippen LogP contribution in [0.4, 0.5) is 0 Å². The summed E-state index contributed by atoms with van der Waals surface area (Å²) in [5, 5.41) is 21.9. The summed E-state index contributed by atoms with van der Waals surface area (Å²) in [5.41, 5.74) is 3.09. The maximum absolute atomic E-state index is 10.2. The summed E-state index contributed by atoms with van der Waals surface area (Å²) in [6.45, 7) is 4.02. The topological polar surface area (TPSA) is 63.8 Å². The van der Waals surface area contributed by atoms with Gasteiger partial charge in [-0.15, -0.1) is 10.2 Å². The molecule has 6 heteroatoms. The molecule has 1 aromatic carbocycles. The van der Waals surface area contributed by atoms with Crippen molar-refractivity contribution in [2.24, 2.45) is 7.05 Å². The zero-order valence-corrected chi connectivity index (χ0v) is 12.1. The maximum atomic E-state index is 10.2. The first-order chi connectivity index (χ1) is 8.47. The number of rotatable bonds is 3. The highest BCUT2D eigenvalue weighted by atomic mass is 79.9. The van der Waals surface area contributed by atoms with Gasteiger partial charge in [-0.05, 0) is 35.8 Å². The number of halogens is 1. The van der Waals surface area contributed by atoms with Crippen LogP contribution in [0.25, 0.3) is 0 Å². The first-order valence-electron chi connectivity index (χ1n) is 5.65. The van der Waals surface area contributed by atoms with Gasteiger partial charge in [-0.1, -0.05) is 28.1 Å². The van der Waals surface area contributed by atoms with Gasteiger partial charge in [0.15, 0.2) is 5.82 Å². The highest BCUT2D eigenvalue weighted by molar-refractivity contribution is 9.10. The lowest BCUT2D eigenvalue weighted by Gasteiger charge is -2.12. The van der Waals surface area contributed by atoms with Gasteiger partial charge in [0, 0.05) is 10.9 Å². The van der Waals surface area contributed by atoms with Crippen molar-refractivity contribution in [1.82, 2.24) is 20.2 Å². The third kappa shape index (κ3) is 2.76. The summed E-state index contributed by atoms with van der Waals surface area (Å²) in [6.07, 6.45) is -0.242. The zero-order chi connectivity index (χ0) is 13.3. The Bertz CT molecular complexity index is 544. The van der Waals surface area contributed by atoms with Gasteiger partial charge in [-0.2, -0.15) is 4.80 Å². The summed E-state index contributed by atoms with van der Waals surface area (Å²) in [6, 6.07) is 3.94. The van der Waals surface area contributed by atoms with Crippen molar-refractivity contribution < 1.29 is 5.11 Å². The van der Waals surface area contributed by atoms with E-state index in [0.29, 0.717) is 12.2 Å². The lowest BCUT2D eigenvalue weighted by atomic mass is 10.0. The molecule has 0 radical (unpaired) electrons. The van der Waals surface area contributed by atoms with Crippen LogP contribution in [0.15, 0.2) is 16.6 Å². The number of hydrogen-bond donors (Lipinski definition) is 1. The number of nitrogens with zero attached hydrogens (tertiary/aromatic N) is 4. The molecular weight excluding hydrogens is 296 g/mol. The molecule has 0 saturated carbocycles. The number of hydrogen-bond acceptors (Lipinski definition) is 4. The molecule has 0 fully saturated rings. The molecule has 0 aliphatic rings. The normalized spacial score (nSPS) is 12.7. The molecular formula is C12H15BrN4O. The van der Waals surface area contributed by atoms with E-state index in [1.165, 1.54) is 4.80 Å². The Morgan fingerprint density at radius 1 is 1.33 bits per heavy atom. The van der Waals surface area contributed by atoms with Crippen LogP contribution in [-0.2, 0) is 13.5 Å². The molecule has 1 atom stereocenters. The number of benzene rings is 1. The number of aliphatic hydroxyl groups is 1. The number of aromatic nitrogens is 4. The van der Waals surface area contributed by atoms with Crippen LogP contribution >= 0.6 is 15.9 Å². The molecule has 0 aliphatic carbocycles. The second kappa shape index (κ2) is 5.16. The van der Waals surface area contributed by atoms with E-state index in [4.69, 9.17) is 0 Å². The average molecular weight is 311 g/mol. The van der Waals surface area contributed by atoms with Crippen LogP contribution in [0.5, 0.6) is 0 Å². The van der Waals surface area contributed by atoms with Crippen LogP contribution in [0.2, 0.25) is 0 Å². The molecule has 2 aromatic rings. The van der Waals surface area contributed by atoms with E-state index >= 15 is 0 Å². The summed E-state index contributed by atoms with van der Waals surface area (Å²) < 4.78 is 1.08. The van der Waals surface area contributed by atoms with Crippen LogP contribution in [-0.4, -0.2) is 25.3 Å². The summed E-state index contributed by atoms with van der Waals surface area (Å²) in [4.78, 5) is 1.39. The van der Waals surface area contributed by atoms with Crippen molar-refractivity contribution >= 4 is 15.9 Å². The molecule has 0 bridgehead atoms. The molecule has 0 spiro atoms. The highest BCUT2D eigenvalue weighted by Crippen LogP contribution is 2.26. The Morgan fingerprint density at radius 2 is 1.94 bits per heavy atom. The predicted molar refractivity (Wildman–Crippen MR) is 71.1 cm³/mol. The van der Waals surface area contributed by atoms with Gasteiger partial charge < -0.3 is 5.11 Å². The minimum Gasteiger partial charge on any atom is -0.388 e. The molecule has 0 aliphatic heterocycles. The fourth-order valence-electron chi connectivity index (χ4n) is 1.87. The van der Waals surface area contributed by atoms with Gasteiger partial charge in [0.1, 0.15) is 0 Å². The molecule has 5 nitrogen and oxygen atoms in total. The van der Waals surface area contributed by atoms with Crippen LogP contribution in [0.1, 0.15) is 28.6 Å². The fraction of sp³-hybridized carbons (Fsp3) is 0.417. The molecule has 1 heterocycles. The number of tetrazole rings is 1. The third-order valence-corrected chi connectivity index (χ3v) is 4.02. The minimum atomic E-state index is -0.611. The average Bonchev–Trinajstić information content (AvgIpc) is 2.71. The van der Waals surface area contributed by atoms with E-state index < -0.39 is 6.10 Å². The smallest absolute Gasteiger partial charge is 0.177 e. The summed E-state index contributed by atoms with van der Waals surface area (Å²) in [5.74, 6) is 0.545. The first-order valence-corrected chi connectivity index (χ1v) is 6.44. The minimum absolute atomic E-state index is 0.369. The quantitative estimate of drug-likeness (QED) is 0.940. The van der Waals surface area contributed by atoms with E-state index in [1.807, 2.05) is 26.0 Å².